The zero-order valence-corrected chi connectivity index (χ0v) is 9.60. The van der Waals surface area contributed by atoms with E-state index >= 15 is 0 Å². The molecule has 0 radical (unpaired) electrons. The number of rotatable bonds is 5. The van der Waals surface area contributed by atoms with Gasteiger partial charge in [-0.3, -0.25) is 0 Å². The highest BCUT2D eigenvalue weighted by Crippen LogP contribution is 2.26. The Morgan fingerprint density at radius 1 is 0.941 bits per heavy atom. The number of hydrogen-bond acceptors (Lipinski definition) is 6. The maximum Gasteiger partial charge on any atom is 0.111 e. The van der Waals surface area contributed by atoms with Gasteiger partial charge in [0, 0.05) is 0 Å². The summed E-state index contributed by atoms with van der Waals surface area (Å²) in [6.07, 6.45) is -2.31. The number of hydrogen-bond donors (Lipinski definition) is 4. The van der Waals surface area contributed by atoms with Gasteiger partial charge in [0.2, 0.25) is 0 Å². The molecule has 4 N–H and O–H groups in total. The minimum absolute atomic E-state index is 0.333. The molecule has 0 aromatic carbocycles. The van der Waals surface area contributed by atoms with Crippen molar-refractivity contribution in [1.82, 2.24) is 0 Å². The van der Waals surface area contributed by atoms with E-state index < -0.39 is 30.5 Å². The Balaban J connectivity index is 1.81. The van der Waals surface area contributed by atoms with Crippen LogP contribution in [0.3, 0.4) is 0 Å². The molecule has 6 heteroatoms. The van der Waals surface area contributed by atoms with Crippen molar-refractivity contribution in [2.45, 2.75) is 55.9 Å². The number of aliphatic hydroxyl groups excluding tert-OH is 4. The van der Waals surface area contributed by atoms with Gasteiger partial charge in [-0.25, -0.2) is 0 Å². The molecule has 2 fully saturated rings. The van der Waals surface area contributed by atoms with Crippen molar-refractivity contribution in [1.29, 1.82) is 0 Å². The van der Waals surface area contributed by atoms with Gasteiger partial charge in [0.25, 0.3) is 0 Å². The second-order valence-corrected chi connectivity index (χ2v) is 4.75. The Morgan fingerprint density at radius 3 is 2.18 bits per heavy atom. The second-order valence-electron chi connectivity index (χ2n) is 4.75. The van der Waals surface area contributed by atoms with Crippen LogP contribution in [0.1, 0.15) is 19.3 Å². The number of epoxide rings is 1. The van der Waals surface area contributed by atoms with E-state index in [2.05, 4.69) is 0 Å². The molecule has 1 unspecified atom stereocenters. The maximum absolute atomic E-state index is 9.75. The zero-order valence-electron chi connectivity index (χ0n) is 9.60. The Hall–Kier alpha value is -0.240. The fraction of sp³-hybridized carbons (Fsp3) is 1.00. The molecule has 2 saturated heterocycles. The summed E-state index contributed by atoms with van der Waals surface area (Å²) in [6.45, 7) is 0.432. The van der Waals surface area contributed by atoms with Crippen molar-refractivity contribution in [2.75, 3.05) is 13.2 Å². The summed E-state index contributed by atoms with van der Waals surface area (Å²) < 4.78 is 10.5. The van der Waals surface area contributed by atoms with Crippen LogP contribution in [0.2, 0.25) is 0 Å². The fourth-order valence-electron chi connectivity index (χ4n) is 2.20. The monoisotopic (exact) mass is 248 g/mol. The fourth-order valence-corrected chi connectivity index (χ4v) is 2.20. The van der Waals surface area contributed by atoms with Gasteiger partial charge in [-0.15, -0.1) is 0 Å². The zero-order chi connectivity index (χ0) is 12.4. The summed E-state index contributed by atoms with van der Waals surface area (Å²) in [6, 6.07) is 0. The molecular formula is C11H20O6. The average molecular weight is 248 g/mol. The van der Waals surface area contributed by atoms with Crippen LogP contribution in [0.15, 0.2) is 0 Å². The first kappa shape index (κ1) is 13.2. The van der Waals surface area contributed by atoms with E-state index in [-0.39, 0.29) is 6.61 Å². The lowest BCUT2D eigenvalue weighted by Crippen LogP contribution is -2.58. The maximum atomic E-state index is 9.75. The Bertz CT molecular complexity index is 242. The molecule has 0 amide bonds. The largest absolute Gasteiger partial charge is 0.394 e. The highest BCUT2D eigenvalue weighted by Gasteiger charge is 2.42. The molecule has 0 spiro atoms. The molecule has 100 valence electrons. The van der Waals surface area contributed by atoms with Crippen molar-refractivity contribution in [3.8, 4) is 0 Å². The SMILES string of the molecule is OC[C@H]1O[C@@H](CCCC2CO2)[C@H](O)[C@@H](O)[C@@H]1O. The van der Waals surface area contributed by atoms with E-state index in [1.807, 2.05) is 0 Å². The van der Waals surface area contributed by atoms with E-state index in [0.717, 1.165) is 19.4 Å². The Morgan fingerprint density at radius 2 is 1.59 bits per heavy atom. The van der Waals surface area contributed by atoms with Crippen LogP contribution in [0, 0.1) is 0 Å². The van der Waals surface area contributed by atoms with E-state index in [0.29, 0.717) is 12.5 Å². The van der Waals surface area contributed by atoms with Crippen LogP contribution < -0.4 is 0 Å². The van der Waals surface area contributed by atoms with E-state index in [1.165, 1.54) is 0 Å². The molecule has 6 nitrogen and oxygen atoms in total. The predicted molar refractivity (Wildman–Crippen MR) is 57.4 cm³/mol. The first-order chi connectivity index (χ1) is 8.13. The van der Waals surface area contributed by atoms with Crippen LogP contribution >= 0.6 is 0 Å². The van der Waals surface area contributed by atoms with Gasteiger partial charge in [0.05, 0.1) is 25.4 Å². The van der Waals surface area contributed by atoms with Crippen LogP contribution in [0.5, 0.6) is 0 Å². The minimum Gasteiger partial charge on any atom is -0.394 e. The Kier molecular flexibility index (Phi) is 4.35. The first-order valence-corrected chi connectivity index (χ1v) is 6.05. The van der Waals surface area contributed by atoms with Gasteiger partial charge in [-0.2, -0.15) is 0 Å². The average Bonchev–Trinajstić information content (AvgIpc) is 3.13. The summed E-state index contributed by atoms with van der Waals surface area (Å²) >= 11 is 0. The quantitative estimate of drug-likeness (QED) is 0.437. The summed E-state index contributed by atoms with van der Waals surface area (Å²) in [7, 11) is 0. The van der Waals surface area contributed by atoms with Gasteiger partial charge < -0.3 is 29.9 Å². The second kappa shape index (κ2) is 5.60. The molecule has 2 rings (SSSR count). The molecule has 0 aromatic heterocycles. The van der Waals surface area contributed by atoms with Crippen molar-refractivity contribution in [3.63, 3.8) is 0 Å². The third kappa shape index (κ3) is 3.15. The minimum atomic E-state index is -1.26. The molecule has 2 aliphatic heterocycles. The van der Waals surface area contributed by atoms with Crippen LogP contribution in [0.25, 0.3) is 0 Å². The van der Waals surface area contributed by atoms with Crippen LogP contribution in [-0.4, -0.2) is 70.3 Å². The third-order valence-corrected chi connectivity index (χ3v) is 3.41. The van der Waals surface area contributed by atoms with Crippen molar-refractivity contribution >= 4 is 0 Å². The molecule has 17 heavy (non-hydrogen) atoms. The highest BCUT2D eigenvalue weighted by molar-refractivity contribution is 4.91. The standard InChI is InChI=1S/C11H20O6/c12-4-8-10(14)11(15)9(13)7(17-8)3-1-2-6-5-16-6/h6-15H,1-5H2/t6?,7-,8+,9-,10+,11+/m0/s1. The summed E-state index contributed by atoms with van der Waals surface area (Å²) in [4.78, 5) is 0. The van der Waals surface area contributed by atoms with Gasteiger partial charge >= 0.3 is 0 Å². The lowest BCUT2D eigenvalue weighted by Gasteiger charge is -2.40. The van der Waals surface area contributed by atoms with Crippen LogP contribution in [0.4, 0.5) is 0 Å². The number of aliphatic hydroxyl groups is 4. The van der Waals surface area contributed by atoms with Crippen LogP contribution in [-0.2, 0) is 9.47 Å². The molecule has 2 aliphatic rings. The van der Waals surface area contributed by atoms with Gasteiger partial charge in [0.1, 0.15) is 24.4 Å². The predicted octanol–water partition coefficient (Wildman–Crippen LogP) is -1.60. The van der Waals surface area contributed by atoms with E-state index in [4.69, 9.17) is 14.6 Å². The highest BCUT2D eigenvalue weighted by atomic mass is 16.6. The van der Waals surface area contributed by atoms with Gasteiger partial charge in [-0.05, 0) is 19.3 Å². The number of ether oxygens (including phenoxy) is 2. The van der Waals surface area contributed by atoms with E-state index in [9.17, 15) is 15.3 Å². The Labute approximate surface area is 99.8 Å². The van der Waals surface area contributed by atoms with Gasteiger partial charge in [0.15, 0.2) is 0 Å². The molecule has 0 saturated carbocycles. The lowest BCUT2D eigenvalue weighted by atomic mass is 9.92. The molecule has 6 atom stereocenters. The van der Waals surface area contributed by atoms with Crippen molar-refractivity contribution in [3.05, 3.63) is 0 Å². The van der Waals surface area contributed by atoms with Crippen molar-refractivity contribution < 1.29 is 29.9 Å². The van der Waals surface area contributed by atoms with Crippen molar-refractivity contribution in [2.24, 2.45) is 0 Å². The third-order valence-electron chi connectivity index (χ3n) is 3.41. The summed E-state index contributed by atoms with van der Waals surface area (Å²) in [5.41, 5.74) is 0. The van der Waals surface area contributed by atoms with E-state index in [1.54, 1.807) is 0 Å². The molecule has 0 aromatic rings. The normalized spacial score (nSPS) is 45.9. The molecule has 0 bridgehead atoms. The topological polar surface area (TPSA) is 103 Å². The van der Waals surface area contributed by atoms with Gasteiger partial charge in [-0.1, -0.05) is 0 Å². The smallest absolute Gasteiger partial charge is 0.111 e. The molecule has 0 aliphatic carbocycles. The lowest BCUT2D eigenvalue weighted by molar-refractivity contribution is -0.230. The first-order valence-electron chi connectivity index (χ1n) is 6.05. The summed E-state index contributed by atoms with van der Waals surface area (Å²) in [5, 5.41) is 37.9. The molecule has 2 heterocycles. The molecular weight excluding hydrogens is 228 g/mol. The summed E-state index contributed by atoms with van der Waals surface area (Å²) in [5.74, 6) is 0.